The number of hydrogen-bond acceptors (Lipinski definition) is 4. The predicted molar refractivity (Wildman–Crippen MR) is 78.9 cm³/mol. The van der Waals surface area contributed by atoms with Gasteiger partial charge in [0.15, 0.2) is 0 Å². The Morgan fingerprint density at radius 3 is 2.74 bits per heavy atom. The van der Waals surface area contributed by atoms with E-state index in [1.165, 1.54) is 23.5 Å². The Kier molecular flexibility index (Phi) is 4.15. The Hall–Kier alpha value is -1.08. The van der Waals surface area contributed by atoms with E-state index in [9.17, 15) is 8.42 Å². The smallest absolute Gasteiger partial charge is 0.240 e. The predicted octanol–water partition coefficient (Wildman–Crippen LogP) is 2.77. The lowest BCUT2D eigenvalue weighted by atomic mass is 10.2. The molecule has 4 nitrogen and oxygen atoms in total. The molecule has 0 aliphatic carbocycles. The summed E-state index contributed by atoms with van der Waals surface area (Å²) in [6, 6.07) is 4.68. The van der Waals surface area contributed by atoms with Crippen molar-refractivity contribution in [3.05, 3.63) is 45.1 Å². The maximum Gasteiger partial charge on any atom is 0.240 e. The molecular formula is C12H13ClN2O2S2. The van der Waals surface area contributed by atoms with Gasteiger partial charge in [-0.2, -0.15) is 11.3 Å². The van der Waals surface area contributed by atoms with Gasteiger partial charge in [-0.25, -0.2) is 13.1 Å². The molecule has 7 heteroatoms. The quantitative estimate of drug-likeness (QED) is 0.852. The Balaban J connectivity index is 2.24. The Bertz CT molecular complexity index is 659. The van der Waals surface area contributed by atoms with Gasteiger partial charge in [-0.05, 0) is 47.0 Å². The molecular weight excluding hydrogens is 304 g/mol. The summed E-state index contributed by atoms with van der Waals surface area (Å²) in [5.74, 6) is 0. The Morgan fingerprint density at radius 2 is 2.16 bits per heavy atom. The van der Waals surface area contributed by atoms with Crippen molar-refractivity contribution in [2.75, 3.05) is 5.73 Å². The molecule has 19 heavy (non-hydrogen) atoms. The van der Waals surface area contributed by atoms with Gasteiger partial charge in [0, 0.05) is 17.3 Å². The zero-order chi connectivity index (χ0) is 14.0. The van der Waals surface area contributed by atoms with Crippen LogP contribution in [0.5, 0.6) is 0 Å². The summed E-state index contributed by atoms with van der Waals surface area (Å²) in [5.41, 5.74) is 7.69. The summed E-state index contributed by atoms with van der Waals surface area (Å²) < 4.78 is 26.8. The first-order chi connectivity index (χ1) is 8.90. The third-order valence-corrected chi connectivity index (χ3v) is 5.22. The summed E-state index contributed by atoms with van der Waals surface area (Å²) in [6.45, 7) is 1.99. The van der Waals surface area contributed by atoms with Crippen LogP contribution >= 0.6 is 22.9 Å². The standard InChI is InChI=1S/C12H13ClN2O2S2/c1-8-11(13)4-10(5-12(8)14)19(16,17)15-6-9-2-3-18-7-9/h2-5,7,15H,6,14H2,1H3. The summed E-state index contributed by atoms with van der Waals surface area (Å²) in [4.78, 5) is 0.0795. The molecule has 0 bridgehead atoms. The molecule has 0 aliphatic rings. The van der Waals surface area contributed by atoms with Crippen LogP contribution in [-0.2, 0) is 16.6 Å². The van der Waals surface area contributed by atoms with Crippen molar-refractivity contribution in [3.8, 4) is 0 Å². The van der Waals surface area contributed by atoms with E-state index in [-0.39, 0.29) is 11.4 Å². The molecule has 0 spiro atoms. The second-order valence-corrected chi connectivity index (χ2v) is 7.03. The van der Waals surface area contributed by atoms with Gasteiger partial charge in [-0.1, -0.05) is 11.6 Å². The first-order valence-corrected chi connectivity index (χ1v) is 8.27. The minimum absolute atomic E-state index is 0.0795. The monoisotopic (exact) mass is 316 g/mol. The van der Waals surface area contributed by atoms with Crippen LogP contribution in [0.2, 0.25) is 5.02 Å². The van der Waals surface area contributed by atoms with Gasteiger partial charge in [0.1, 0.15) is 0 Å². The van der Waals surface area contributed by atoms with E-state index in [4.69, 9.17) is 17.3 Å². The molecule has 0 saturated carbocycles. The summed E-state index contributed by atoms with van der Waals surface area (Å²) in [6.07, 6.45) is 0. The number of halogens is 1. The first-order valence-electron chi connectivity index (χ1n) is 5.46. The fraction of sp³-hybridized carbons (Fsp3) is 0.167. The summed E-state index contributed by atoms with van der Waals surface area (Å²) in [5, 5.41) is 4.12. The van der Waals surface area contributed by atoms with Crippen molar-refractivity contribution in [2.45, 2.75) is 18.4 Å². The fourth-order valence-electron chi connectivity index (χ4n) is 1.48. The normalized spacial score (nSPS) is 11.7. The molecule has 0 radical (unpaired) electrons. The van der Waals surface area contributed by atoms with Crippen molar-refractivity contribution in [1.29, 1.82) is 0 Å². The lowest BCUT2D eigenvalue weighted by Gasteiger charge is -2.09. The molecule has 0 aliphatic heterocycles. The van der Waals surface area contributed by atoms with Crippen LogP contribution in [0.1, 0.15) is 11.1 Å². The molecule has 0 atom stereocenters. The second-order valence-electron chi connectivity index (χ2n) is 4.08. The van der Waals surface area contributed by atoms with Gasteiger partial charge in [0.05, 0.1) is 4.90 Å². The maximum absolute atomic E-state index is 12.1. The van der Waals surface area contributed by atoms with Crippen molar-refractivity contribution in [2.24, 2.45) is 0 Å². The van der Waals surface area contributed by atoms with Crippen molar-refractivity contribution in [3.63, 3.8) is 0 Å². The van der Waals surface area contributed by atoms with E-state index < -0.39 is 10.0 Å². The average molecular weight is 317 g/mol. The molecule has 0 fully saturated rings. The van der Waals surface area contributed by atoms with Gasteiger partial charge in [0.25, 0.3) is 0 Å². The van der Waals surface area contributed by atoms with Crippen molar-refractivity contribution in [1.82, 2.24) is 4.72 Å². The van der Waals surface area contributed by atoms with E-state index in [0.29, 0.717) is 16.3 Å². The number of thiophene rings is 1. The number of nitrogens with one attached hydrogen (secondary N) is 1. The van der Waals surface area contributed by atoms with Crippen LogP contribution in [0.4, 0.5) is 5.69 Å². The van der Waals surface area contributed by atoms with Gasteiger partial charge < -0.3 is 5.73 Å². The molecule has 2 rings (SSSR count). The van der Waals surface area contributed by atoms with E-state index in [2.05, 4.69) is 4.72 Å². The van der Waals surface area contributed by atoms with E-state index >= 15 is 0 Å². The molecule has 102 valence electrons. The largest absolute Gasteiger partial charge is 0.398 e. The highest BCUT2D eigenvalue weighted by atomic mass is 35.5. The molecule has 3 N–H and O–H groups in total. The highest BCUT2D eigenvalue weighted by molar-refractivity contribution is 7.89. The lowest BCUT2D eigenvalue weighted by molar-refractivity contribution is 0.581. The van der Waals surface area contributed by atoms with Crippen LogP contribution in [0, 0.1) is 6.92 Å². The Morgan fingerprint density at radius 1 is 1.42 bits per heavy atom. The van der Waals surface area contributed by atoms with Gasteiger partial charge in [-0.15, -0.1) is 0 Å². The zero-order valence-corrected chi connectivity index (χ0v) is 12.6. The third kappa shape index (κ3) is 3.27. The minimum Gasteiger partial charge on any atom is -0.398 e. The fourth-order valence-corrected chi connectivity index (χ4v) is 3.52. The summed E-state index contributed by atoms with van der Waals surface area (Å²) >= 11 is 7.47. The molecule has 0 unspecified atom stereocenters. The lowest BCUT2D eigenvalue weighted by Crippen LogP contribution is -2.23. The number of rotatable bonds is 4. The molecule has 2 aromatic rings. The van der Waals surface area contributed by atoms with Crippen LogP contribution < -0.4 is 10.5 Å². The number of benzene rings is 1. The van der Waals surface area contributed by atoms with Gasteiger partial charge in [0.2, 0.25) is 10.0 Å². The van der Waals surface area contributed by atoms with Gasteiger partial charge >= 0.3 is 0 Å². The first kappa shape index (κ1) is 14.3. The Labute approximate surface area is 121 Å². The van der Waals surface area contributed by atoms with E-state index in [1.54, 1.807) is 6.92 Å². The number of nitrogens with two attached hydrogens (primary N) is 1. The van der Waals surface area contributed by atoms with Crippen LogP contribution in [0.25, 0.3) is 0 Å². The van der Waals surface area contributed by atoms with Crippen molar-refractivity contribution >= 4 is 38.6 Å². The topological polar surface area (TPSA) is 72.2 Å². The molecule has 0 saturated heterocycles. The van der Waals surface area contributed by atoms with Gasteiger partial charge in [-0.3, -0.25) is 0 Å². The number of sulfonamides is 1. The van der Waals surface area contributed by atoms with Crippen LogP contribution in [0.15, 0.2) is 33.9 Å². The van der Waals surface area contributed by atoms with Crippen LogP contribution in [-0.4, -0.2) is 8.42 Å². The van der Waals surface area contributed by atoms with Crippen molar-refractivity contribution < 1.29 is 8.42 Å². The highest BCUT2D eigenvalue weighted by Gasteiger charge is 2.16. The summed E-state index contributed by atoms with van der Waals surface area (Å²) in [7, 11) is -3.61. The van der Waals surface area contributed by atoms with Crippen LogP contribution in [0.3, 0.4) is 0 Å². The molecule has 1 aromatic heterocycles. The maximum atomic E-state index is 12.1. The zero-order valence-electron chi connectivity index (χ0n) is 10.2. The number of anilines is 1. The molecule has 1 heterocycles. The average Bonchev–Trinajstić information content (AvgIpc) is 2.86. The van der Waals surface area contributed by atoms with E-state index in [0.717, 1.165) is 5.56 Å². The second kappa shape index (κ2) is 5.50. The number of nitrogen functional groups attached to an aromatic ring is 1. The molecule has 1 aromatic carbocycles. The third-order valence-electron chi connectivity index (χ3n) is 2.71. The SMILES string of the molecule is Cc1c(N)cc(S(=O)(=O)NCc2ccsc2)cc1Cl. The minimum atomic E-state index is -3.61. The number of hydrogen-bond donors (Lipinski definition) is 2. The molecule has 0 amide bonds. The highest BCUT2D eigenvalue weighted by Crippen LogP contribution is 2.25. The van der Waals surface area contributed by atoms with E-state index in [1.807, 2.05) is 16.8 Å².